The highest BCUT2D eigenvalue weighted by Gasteiger charge is 2.30. The molecule has 0 unspecified atom stereocenters. The molecule has 7 heteroatoms. The number of methoxy groups -OCH3 is 1. The largest absolute Gasteiger partial charge is 0.495 e. The third-order valence-corrected chi connectivity index (χ3v) is 7.24. The first-order valence-corrected chi connectivity index (χ1v) is 11.4. The number of sulfonamides is 1. The van der Waals surface area contributed by atoms with Crippen molar-refractivity contribution in [3.05, 3.63) is 54.1 Å². The molecule has 0 aliphatic carbocycles. The lowest BCUT2D eigenvalue weighted by molar-refractivity contribution is -0.115. The summed E-state index contributed by atoms with van der Waals surface area (Å²) in [5.74, 6) is 0.728. The predicted octanol–water partition coefficient (Wildman–Crippen LogP) is 3.69. The zero-order chi connectivity index (χ0) is 20.9. The monoisotopic (exact) mass is 416 g/mol. The summed E-state index contributed by atoms with van der Waals surface area (Å²) in [5.41, 5.74) is 1.67. The number of carbonyl (C=O) groups is 1. The van der Waals surface area contributed by atoms with E-state index in [2.05, 4.69) is 17.4 Å². The topological polar surface area (TPSA) is 75.7 Å². The van der Waals surface area contributed by atoms with Crippen molar-refractivity contribution in [3.63, 3.8) is 0 Å². The second-order valence-corrected chi connectivity index (χ2v) is 9.24. The van der Waals surface area contributed by atoms with Gasteiger partial charge in [-0.25, -0.2) is 8.42 Å². The van der Waals surface area contributed by atoms with Crippen LogP contribution in [0, 0.1) is 5.92 Å². The molecule has 1 N–H and O–H groups in total. The molecular weight excluding hydrogens is 388 g/mol. The number of benzene rings is 2. The molecule has 6 nitrogen and oxygen atoms in total. The molecule has 3 rings (SSSR count). The Morgan fingerprint density at radius 1 is 1.14 bits per heavy atom. The number of amides is 1. The molecule has 0 aromatic heterocycles. The van der Waals surface area contributed by atoms with Crippen molar-refractivity contribution in [2.45, 2.75) is 37.5 Å². The fourth-order valence-electron chi connectivity index (χ4n) is 3.63. The number of nitrogens with one attached hydrogen (secondary N) is 1. The molecule has 0 radical (unpaired) electrons. The highest BCUT2D eigenvalue weighted by atomic mass is 32.2. The molecule has 1 saturated heterocycles. The maximum absolute atomic E-state index is 13.1. The molecule has 1 fully saturated rings. The quantitative estimate of drug-likeness (QED) is 0.747. The van der Waals surface area contributed by atoms with Crippen molar-refractivity contribution in [2.24, 2.45) is 5.92 Å². The summed E-state index contributed by atoms with van der Waals surface area (Å²) in [6, 6.07) is 14.9. The first kappa shape index (κ1) is 21.3. The lowest BCUT2D eigenvalue weighted by Crippen LogP contribution is -2.38. The Hall–Kier alpha value is -2.38. The lowest BCUT2D eigenvalue weighted by Gasteiger charge is -2.31. The third-order valence-electron chi connectivity index (χ3n) is 5.34. The van der Waals surface area contributed by atoms with E-state index in [0.717, 1.165) is 19.3 Å². The summed E-state index contributed by atoms with van der Waals surface area (Å²) >= 11 is 0. The van der Waals surface area contributed by atoms with Crippen LogP contribution in [0.5, 0.6) is 5.75 Å². The van der Waals surface area contributed by atoms with Crippen LogP contribution in [0.15, 0.2) is 53.4 Å². The predicted molar refractivity (Wildman–Crippen MR) is 114 cm³/mol. The third kappa shape index (κ3) is 5.16. The van der Waals surface area contributed by atoms with Gasteiger partial charge in [-0.1, -0.05) is 37.3 Å². The summed E-state index contributed by atoms with van der Waals surface area (Å²) in [6.07, 6.45) is 2.95. The second kappa shape index (κ2) is 9.41. The second-order valence-electron chi connectivity index (χ2n) is 7.30. The van der Waals surface area contributed by atoms with Crippen molar-refractivity contribution in [1.29, 1.82) is 0 Å². The number of carbonyl (C=O) groups excluding carboxylic acids is 1. The molecule has 1 heterocycles. The minimum atomic E-state index is -3.62. The smallest absolute Gasteiger partial charge is 0.243 e. The minimum absolute atomic E-state index is 0.172. The summed E-state index contributed by atoms with van der Waals surface area (Å²) < 4.78 is 33.1. The lowest BCUT2D eigenvalue weighted by atomic mass is 9.91. The van der Waals surface area contributed by atoms with E-state index in [9.17, 15) is 13.2 Å². The van der Waals surface area contributed by atoms with Gasteiger partial charge in [0.2, 0.25) is 15.9 Å². The maximum Gasteiger partial charge on any atom is 0.243 e. The van der Waals surface area contributed by atoms with Crippen molar-refractivity contribution < 1.29 is 17.9 Å². The Balaban J connectivity index is 1.71. The van der Waals surface area contributed by atoms with E-state index in [1.54, 1.807) is 17.3 Å². The van der Waals surface area contributed by atoms with E-state index in [0.29, 0.717) is 36.9 Å². The van der Waals surface area contributed by atoms with Crippen molar-refractivity contribution in [3.8, 4) is 5.75 Å². The number of nitrogens with zero attached hydrogens (tertiary/aromatic N) is 1. The summed E-state index contributed by atoms with van der Waals surface area (Å²) in [4.78, 5) is 11.9. The van der Waals surface area contributed by atoms with Gasteiger partial charge in [0.25, 0.3) is 0 Å². The standard InChI is InChI=1S/C22H28N2O4S/c1-3-22(25)23-20-16-19(9-10-21(20)28-2)29(26,27)24-13-11-18(12-14-24)15-17-7-5-4-6-8-17/h4-10,16,18H,3,11-15H2,1-2H3,(H,23,25). The van der Waals surface area contributed by atoms with Gasteiger partial charge in [-0.2, -0.15) is 4.31 Å². The van der Waals surface area contributed by atoms with Crippen LogP contribution in [-0.4, -0.2) is 38.8 Å². The van der Waals surface area contributed by atoms with Gasteiger partial charge < -0.3 is 10.1 Å². The average molecular weight is 417 g/mol. The number of hydrogen-bond acceptors (Lipinski definition) is 4. The fraction of sp³-hybridized carbons (Fsp3) is 0.409. The number of rotatable bonds is 7. The number of hydrogen-bond donors (Lipinski definition) is 1. The van der Waals surface area contributed by atoms with E-state index >= 15 is 0 Å². The fourth-order valence-corrected chi connectivity index (χ4v) is 5.13. The molecule has 1 aliphatic heterocycles. The summed E-state index contributed by atoms with van der Waals surface area (Å²) in [6.45, 7) is 2.74. The molecule has 29 heavy (non-hydrogen) atoms. The van der Waals surface area contributed by atoms with Crippen molar-refractivity contribution in [1.82, 2.24) is 4.31 Å². The molecule has 0 bridgehead atoms. The van der Waals surface area contributed by atoms with Crippen LogP contribution < -0.4 is 10.1 Å². The number of ether oxygens (including phenoxy) is 1. The highest BCUT2D eigenvalue weighted by molar-refractivity contribution is 7.89. The van der Waals surface area contributed by atoms with E-state index < -0.39 is 10.0 Å². The number of anilines is 1. The van der Waals surface area contributed by atoms with Crippen LogP contribution in [0.4, 0.5) is 5.69 Å². The molecule has 0 saturated carbocycles. The summed E-state index contributed by atoms with van der Waals surface area (Å²) in [5, 5.41) is 2.71. The van der Waals surface area contributed by atoms with Gasteiger partial charge in [0.15, 0.2) is 0 Å². The minimum Gasteiger partial charge on any atom is -0.495 e. The van der Waals surface area contributed by atoms with Gasteiger partial charge in [0.1, 0.15) is 5.75 Å². The first-order chi connectivity index (χ1) is 13.9. The Labute approximate surface area is 172 Å². The normalized spacial score (nSPS) is 15.8. The van der Waals surface area contributed by atoms with E-state index in [1.165, 1.54) is 24.8 Å². The Morgan fingerprint density at radius 2 is 1.83 bits per heavy atom. The van der Waals surface area contributed by atoms with Gasteiger partial charge in [0.05, 0.1) is 17.7 Å². The molecule has 0 spiro atoms. The van der Waals surface area contributed by atoms with Crippen LogP contribution in [-0.2, 0) is 21.2 Å². The van der Waals surface area contributed by atoms with Gasteiger partial charge in [-0.15, -0.1) is 0 Å². The van der Waals surface area contributed by atoms with Gasteiger partial charge in [0, 0.05) is 19.5 Å². The van der Waals surface area contributed by atoms with Crippen LogP contribution in [0.25, 0.3) is 0 Å². The highest BCUT2D eigenvalue weighted by Crippen LogP contribution is 2.31. The SMILES string of the molecule is CCC(=O)Nc1cc(S(=O)(=O)N2CCC(Cc3ccccc3)CC2)ccc1OC. The van der Waals surface area contributed by atoms with E-state index in [1.807, 2.05) is 18.2 Å². The molecule has 156 valence electrons. The molecule has 1 amide bonds. The summed E-state index contributed by atoms with van der Waals surface area (Å²) in [7, 11) is -2.13. The van der Waals surface area contributed by atoms with Gasteiger partial charge in [-0.05, 0) is 48.9 Å². The maximum atomic E-state index is 13.1. The van der Waals surface area contributed by atoms with E-state index in [4.69, 9.17) is 4.74 Å². The van der Waals surface area contributed by atoms with Crippen molar-refractivity contribution in [2.75, 3.05) is 25.5 Å². The Morgan fingerprint density at radius 3 is 2.45 bits per heavy atom. The van der Waals surface area contributed by atoms with Gasteiger partial charge in [-0.3, -0.25) is 4.79 Å². The molecular formula is C22H28N2O4S. The molecule has 0 atom stereocenters. The van der Waals surface area contributed by atoms with Gasteiger partial charge >= 0.3 is 0 Å². The average Bonchev–Trinajstić information content (AvgIpc) is 2.74. The zero-order valence-corrected chi connectivity index (χ0v) is 17.7. The van der Waals surface area contributed by atoms with Crippen LogP contribution in [0.1, 0.15) is 31.7 Å². The molecule has 2 aromatic rings. The van der Waals surface area contributed by atoms with Crippen LogP contribution >= 0.6 is 0 Å². The zero-order valence-electron chi connectivity index (χ0n) is 16.9. The first-order valence-electron chi connectivity index (χ1n) is 9.96. The van der Waals surface area contributed by atoms with Crippen molar-refractivity contribution >= 4 is 21.6 Å². The number of piperidine rings is 1. The Kier molecular flexibility index (Phi) is 6.92. The molecule has 2 aromatic carbocycles. The Bertz CT molecular complexity index is 937. The van der Waals surface area contributed by atoms with Crippen LogP contribution in [0.3, 0.4) is 0 Å². The van der Waals surface area contributed by atoms with E-state index in [-0.39, 0.29) is 10.8 Å². The van der Waals surface area contributed by atoms with Crippen LogP contribution in [0.2, 0.25) is 0 Å². The molecule has 1 aliphatic rings.